The van der Waals surface area contributed by atoms with Crippen molar-refractivity contribution in [3.63, 3.8) is 0 Å². The third-order valence-corrected chi connectivity index (χ3v) is 2.35. The van der Waals surface area contributed by atoms with E-state index < -0.39 is 0 Å². The van der Waals surface area contributed by atoms with Crippen molar-refractivity contribution in [3.8, 4) is 0 Å². The van der Waals surface area contributed by atoms with Gasteiger partial charge >= 0.3 is 0 Å². The highest BCUT2D eigenvalue weighted by molar-refractivity contribution is 5.09. The molecule has 0 radical (unpaired) electrons. The van der Waals surface area contributed by atoms with Crippen LogP contribution in [0.3, 0.4) is 0 Å². The number of hydrogen-bond donors (Lipinski definition) is 2. The van der Waals surface area contributed by atoms with Gasteiger partial charge in [-0.25, -0.2) is 4.98 Å². The molecule has 0 spiro atoms. The molecule has 2 N–H and O–H groups in total. The molecule has 1 atom stereocenters. The summed E-state index contributed by atoms with van der Waals surface area (Å²) < 4.78 is 2.04. The van der Waals surface area contributed by atoms with Gasteiger partial charge in [-0.15, -0.1) is 0 Å². The molecule has 2 rings (SSSR count). The SMILES string of the molecule is CC(NCc1ccn(C)c1)c1ncn[nH]1. The monoisotopic (exact) mass is 205 g/mol. The zero-order valence-corrected chi connectivity index (χ0v) is 8.94. The molecule has 0 aliphatic heterocycles. The number of nitrogens with one attached hydrogen (secondary N) is 2. The first kappa shape index (κ1) is 9.92. The minimum absolute atomic E-state index is 0.188. The summed E-state index contributed by atoms with van der Waals surface area (Å²) in [5.74, 6) is 0.867. The summed E-state index contributed by atoms with van der Waals surface area (Å²) in [6.07, 6.45) is 5.66. The van der Waals surface area contributed by atoms with E-state index in [0.29, 0.717) is 0 Å². The highest BCUT2D eigenvalue weighted by Gasteiger charge is 2.07. The van der Waals surface area contributed by atoms with Gasteiger partial charge in [-0.1, -0.05) is 0 Å². The molecule has 2 heterocycles. The molecule has 5 nitrogen and oxygen atoms in total. The summed E-state index contributed by atoms with van der Waals surface area (Å²) in [6.45, 7) is 2.90. The van der Waals surface area contributed by atoms with E-state index in [1.54, 1.807) is 0 Å². The maximum atomic E-state index is 4.10. The average Bonchev–Trinajstić information content (AvgIpc) is 2.84. The van der Waals surface area contributed by atoms with Crippen LogP contribution < -0.4 is 5.32 Å². The van der Waals surface area contributed by atoms with Crippen LogP contribution in [0.25, 0.3) is 0 Å². The number of nitrogens with zero attached hydrogens (tertiary/aromatic N) is 3. The van der Waals surface area contributed by atoms with E-state index in [4.69, 9.17) is 0 Å². The number of aromatic nitrogens is 4. The van der Waals surface area contributed by atoms with Gasteiger partial charge in [0.15, 0.2) is 0 Å². The van der Waals surface area contributed by atoms with Crippen LogP contribution in [0.4, 0.5) is 0 Å². The molecule has 1 unspecified atom stereocenters. The Morgan fingerprint density at radius 2 is 2.47 bits per heavy atom. The second kappa shape index (κ2) is 4.27. The number of aryl methyl sites for hydroxylation is 1. The lowest BCUT2D eigenvalue weighted by atomic mass is 10.3. The highest BCUT2D eigenvalue weighted by Crippen LogP contribution is 2.06. The first-order valence-corrected chi connectivity index (χ1v) is 4.95. The lowest BCUT2D eigenvalue weighted by Crippen LogP contribution is -2.18. The number of H-pyrrole nitrogens is 1. The minimum atomic E-state index is 0.188. The largest absolute Gasteiger partial charge is 0.357 e. The van der Waals surface area contributed by atoms with E-state index in [0.717, 1.165) is 12.4 Å². The fraction of sp³-hybridized carbons (Fsp3) is 0.400. The molecule has 0 amide bonds. The van der Waals surface area contributed by atoms with Crippen molar-refractivity contribution in [1.29, 1.82) is 0 Å². The molecule has 0 aliphatic rings. The molecule has 0 saturated heterocycles. The molecule has 0 fully saturated rings. The number of hydrogen-bond acceptors (Lipinski definition) is 3. The standard InChI is InChI=1S/C10H15N5/c1-8(10-12-7-13-14-10)11-5-9-3-4-15(2)6-9/h3-4,6-8,11H,5H2,1-2H3,(H,12,13,14). The Bertz CT molecular complexity index is 403. The van der Waals surface area contributed by atoms with Crippen LogP contribution in [-0.2, 0) is 13.6 Å². The lowest BCUT2D eigenvalue weighted by molar-refractivity contribution is 0.548. The van der Waals surface area contributed by atoms with E-state index >= 15 is 0 Å². The van der Waals surface area contributed by atoms with Crippen molar-refractivity contribution in [2.45, 2.75) is 19.5 Å². The van der Waals surface area contributed by atoms with Crippen molar-refractivity contribution >= 4 is 0 Å². The summed E-state index contributed by atoms with van der Waals surface area (Å²) in [6, 6.07) is 2.29. The van der Waals surface area contributed by atoms with Crippen LogP contribution in [0.2, 0.25) is 0 Å². The molecule has 0 aliphatic carbocycles. The Balaban J connectivity index is 1.88. The van der Waals surface area contributed by atoms with Crippen molar-refractivity contribution in [3.05, 3.63) is 36.2 Å². The maximum absolute atomic E-state index is 4.10. The van der Waals surface area contributed by atoms with Gasteiger partial charge < -0.3 is 9.88 Å². The molecule has 2 aromatic rings. The zero-order chi connectivity index (χ0) is 10.7. The van der Waals surface area contributed by atoms with Crippen LogP contribution in [0.15, 0.2) is 24.8 Å². The molecule has 0 aromatic carbocycles. The van der Waals surface area contributed by atoms with E-state index in [9.17, 15) is 0 Å². The normalized spacial score (nSPS) is 12.9. The smallest absolute Gasteiger partial charge is 0.141 e. The second-order valence-electron chi connectivity index (χ2n) is 3.66. The van der Waals surface area contributed by atoms with Gasteiger partial charge in [-0.3, -0.25) is 5.10 Å². The molecule has 80 valence electrons. The van der Waals surface area contributed by atoms with E-state index in [1.807, 2.05) is 17.8 Å². The third kappa shape index (κ3) is 2.44. The van der Waals surface area contributed by atoms with Gasteiger partial charge in [0.25, 0.3) is 0 Å². The highest BCUT2D eigenvalue weighted by atomic mass is 15.2. The Morgan fingerprint density at radius 3 is 3.07 bits per heavy atom. The van der Waals surface area contributed by atoms with Crippen molar-refractivity contribution in [1.82, 2.24) is 25.1 Å². The van der Waals surface area contributed by atoms with Crippen molar-refractivity contribution in [2.75, 3.05) is 0 Å². The first-order chi connectivity index (χ1) is 7.25. The zero-order valence-electron chi connectivity index (χ0n) is 8.94. The summed E-state index contributed by atoms with van der Waals surface area (Å²) in [5, 5.41) is 10.0. The van der Waals surface area contributed by atoms with Crippen LogP contribution in [0.5, 0.6) is 0 Å². The van der Waals surface area contributed by atoms with Gasteiger partial charge in [0.05, 0.1) is 6.04 Å². The molecular weight excluding hydrogens is 190 g/mol. The first-order valence-electron chi connectivity index (χ1n) is 4.95. The number of rotatable bonds is 4. The third-order valence-electron chi connectivity index (χ3n) is 2.35. The molecule has 0 bridgehead atoms. The van der Waals surface area contributed by atoms with Crippen molar-refractivity contribution in [2.24, 2.45) is 7.05 Å². The lowest BCUT2D eigenvalue weighted by Gasteiger charge is -2.09. The van der Waals surface area contributed by atoms with E-state index in [-0.39, 0.29) is 6.04 Å². The fourth-order valence-corrected chi connectivity index (χ4v) is 1.46. The topological polar surface area (TPSA) is 58.5 Å². The van der Waals surface area contributed by atoms with Crippen molar-refractivity contribution < 1.29 is 0 Å². The summed E-state index contributed by atoms with van der Waals surface area (Å²) in [7, 11) is 2.02. The predicted octanol–water partition coefficient (Wildman–Crippen LogP) is 0.994. The Hall–Kier alpha value is -1.62. The molecule has 2 aromatic heterocycles. The predicted molar refractivity (Wildman–Crippen MR) is 57.1 cm³/mol. The van der Waals surface area contributed by atoms with E-state index in [2.05, 4.69) is 39.7 Å². The maximum Gasteiger partial charge on any atom is 0.141 e. The quantitative estimate of drug-likeness (QED) is 0.782. The fourth-order valence-electron chi connectivity index (χ4n) is 1.46. The Labute approximate surface area is 88.5 Å². The van der Waals surface area contributed by atoms with Gasteiger partial charge in [0.1, 0.15) is 12.2 Å². The van der Waals surface area contributed by atoms with Crippen LogP contribution in [0.1, 0.15) is 24.4 Å². The number of aromatic amines is 1. The average molecular weight is 205 g/mol. The van der Waals surface area contributed by atoms with Gasteiger partial charge in [-0.05, 0) is 18.6 Å². The minimum Gasteiger partial charge on any atom is -0.357 e. The molecule has 15 heavy (non-hydrogen) atoms. The molecule has 0 saturated carbocycles. The molecular formula is C10H15N5. The van der Waals surface area contributed by atoms with Gasteiger partial charge in [0, 0.05) is 26.0 Å². The second-order valence-corrected chi connectivity index (χ2v) is 3.66. The summed E-state index contributed by atoms with van der Waals surface area (Å²) in [5.41, 5.74) is 1.27. The summed E-state index contributed by atoms with van der Waals surface area (Å²) in [4.78, 5) is 4.10. The Kier molecular flexibility index (Phi) is 2.82. The van der Waals surface area contributed by atoms with Gasteiger partial charge in [0.2, 0.25) is 0 Å². The van der Waals surface area contributed by atoms with Crippen LogP contribution >= 0.6 is 0 Å². The van der Waals surface area contributed by atoms with Crippen LogP contribution in [0, 0.1) is 0 Å². The Morgan fingerprint density at radius 1 is 1.60 bits per heavy atom. The summed E-state index contributed by atoms with van der Waals surface area (Å²) >= 11 is 0. The van der Waals surface area contributed by atoms with Gasteiger partial charge in [-0.2, -0.15) is 5.10 Å². The molecule has 5 heteroatoms. The van der Waals surface area contributed by atoms with E-state index in [1.165, 1.54) is 11.9 Å². The van der Waals surface area contributed by atoms with Crippen LogP contribution in [-0.4, -0.2) is 19.7 Å².